The zero-order valence-electron chi connectivity index (χ0n) is 14.2. The summed E-state index contributed by atoms with van der Waals surface area (Å²) in [5.41, 5.74) is 1.86. The maximum absolute atomic E-state index is 12.8. The summed E-state index contributed by atoms with van der Waals surface area (Å²) in [6, 6.07) is 18.7. The number of rotatable bonds is 5. The summed E-state index contributed by atoms with van der Waals surface area (Å²) in [7, 11) is -3.81. The molecule has 3 rings (SSSR count). The predicted molar refractivity (Wildman–Crippen MR) is 119 cm³/mol. The maximum Gasteiger partial charge on any atom is 0.262 e. The van der Waals surface area contributed by atoms with Crippen molar-refractivity contribution in [1.82, 2.24) is 0 Å². The van der Waals surface area contributed by atoms with Crippen molar-refractivity contribution in [3.05, 3.63) is 91.5 Å². The van der Waals surface area contributed by atoms with Gasteiger partial charge in [0.1, 0.15) is 0 Å². The number of hydrogen-bond acceptors (Lipinski definition) is 3. The van der Waals surface area contributed by atoms with Gasteiger partial charge in [0.25, 0.3) is 10.0 Å². The molecule has 1 N–H and O–H groups in total. The quantitative estimate of drug-likeness (QED) is 0.339. The lowest BCUT2D eigenvalue weighted by Gasteiger charge is -2.12. The van der Waals surface area contributed by atoms with Crippen molar-refractivity contribution >= 4 is 60.0 Å². The van der Waals surface area contributed by atoms with Crippen LogP contribution >= 0.6 is 38.5 Å². The molecule has 0 aliphatic rings. The minimum absolute atomic E-state index is 0.0870. The lowest BCUT2D eigenvalue weighted by Crippen LogP contribution is -2.15. The number of aryl methyl sites for hydroxylation is 1. The van der Waals surface area contributed by atoms with Crippen LogP contribution < -0.4 is 4.72 Å². The highest BCUT2D eigenvalue weighted by Gasteiger charge is 2.20. The second kappa shape index (κ2) is 8.12. The van der Waals surface area contributed by atoms with Crippen LogP contribution in [0, 0.1) is 10.5 Å². The molecule has 4 nitrogen and oxygen atoms in total. The average molecular weight is 556 g/mol. The molecule has 0 radical (unpaired) electrons. The van der Waals surface area contributed by atoms with Gasteiger partial charge in [0, 0.05) is 24.9 Å². The van der Waals surface area contributed by atoms with Crippen LogP contribution in [0.2, 0.25) is 0 Å². The normalized spacial score (nSPS) is 11.2. The van der Waals surface area contributed by atoms with Crippen molar-refractivity contribution < 1.29 is 13.2 Å². The molecule has 0 unspecified atom stereocenters. The van der Waals surface area contributed by atoms with Crippen LogP contribution in [0.15, 0.2) is 76.1 Å². The second-order valence-corrected chi connectivity index (χ2v) is 9.74. The van der Waals surface area contributed by atoms with Gasteiger partial charge in [-0.1, -0.05) is 28.1 Å². The third-order valence-electron chi connectivity index (χ3n) is 3.94. The number of sulfonamides is 1. The molecule has 3 aromatic carbocycles. The van der Waals surface area contributed by atoms with Crippen LogP contribution in [0.3, 0.4) is 0 Å². The highest BCUT2D eigenvalue weighted by Crippen LogP contribution is 2.23. The van der Waals surface area contributed by atoms with Gasteiger partial charge in [-0.15, -0.1) is 0 Å². The summed E-state index contributed by atoms with van der Waals surface area (Å²) in [6.07, 6.45) is 0. The average Bonchev–Trinajstić information content (AvgIpc) is 2.64. The number of carbonyl (C=O) groups is 1. The fourth-order valence-electron chi connectivity index (χ4n) is 2.53. The summed E-state index contributed by atoms with van der Waals surface area (Å²) in [5.74, 6) is -0.229. The maximum atomic E-state index is 12.8. The number of carbonyl (C=O) groups excluding carboxylic acids is 1. The molecule has 0 atom stereocenters. The van der Waals surface area contributed by atoms with Gasteiger partial charge in [0.15, 0.2) is 5.78 Å². The molecule has 0 amide bonds. The lowest BCUT2D eigenvalue weighted by atomic mass is 10.0. The van der Waals surface area contributed by atoms with Crippen LogP contribution in [0.1, 0.15) is 21.5 Å². The Morgan fingerprint density at radius 1 is 0.926 bits per heavy atom. The van der Waals surface area contributed by atoms with E-state index in [1.165, 1.54) is 6.07 Å². The molecule has 0 saturated heterocycles. The van der Waals surface area contributed by atoms with Crippen LogP contribution in [-0.4, -0.2) is 14.2 Å². The van der Waals surface area contributed by atoms with Gasteiger partial charge in [0.05, 0.1) is 4.90 Å². The van der Waals surface area contributed by atoms with Crippen molar-refractivity contribution in [2.45, 2.75) is 11.8 Å². The first-order valence-corrected chi connectivity index (χ1v) is 11.3. The Balaban J connectivity index is 1.95. The highest BCUT2D eigenvalue weighted by atomic mass is 127. The molecule has 0 saturated carbocycles. The Morgan fingerprint density at radius 3 is 2.15 bits per heavy atom. The van der Waals surface area contributed by atoms with Gasteiger partial charge >= 0.3 is 0 Å². The van der Waals surface area contributed by atoms with Crippen LogP contribution in [0.5, 0.6) is 0 Å². The SMILES string of the molecule is Cc1ccc(C(=O)c2ccc(Br)cc2)cc1S(=O)(=O)Nc1ccc(I)cc1. The van der Waals surface area contributed by atoms with Gasteiger partial charge < -0.3 is 0 Å². The first-order valence-electron chi connectivity index (χ1n) is 7.95. The van der Waals surface area contributed by atoms with Gasteiger partial charge in [-0.3, -0.25) is 9.52 Å². The van der Waals surface area contributed by atoms with E-state index in [9.17, 15) is 13.2 Å². The van der Waals surface area contributed by atoms with Gasteiger partial charge in [-0.2, -0.15) is 0 Å². The topological polar surface area (TPSA) is 63.2 Å². The third kappa shape index (κ3) is 4.77. The van der Waals surface area contributed by atoms with Gasteiger partial charge in [0.2, 0.25) is 0 Å². The Labute approximate surface area is 180 Å². The fourth-order valence-corrected chi connectivity index (χ4v) is 4.48. The number of hydrogen-bond donors (Lipinski definition) is 1. The van der Waals surface area contributed by atoms with E-state index in [2.05, 4.69) is 43.2 Å². The number of anilines is 1. The van der Waals surface area contributed by atoms with E-state index >= 15 is 0 Å². The Morgan fingerprint density at radius 2 is 1.52 bits per heavy atom. The number of ketones is 1. The smallest absolute Gasteiger partial charge is 0.262 e. The zero-order chi connectivity index (χ0) is 19.6. The summed E-state index contributed by atoms with van der Waals surface area (Å²) in [4.78, 5) is 12.8. The predicted octanol–water partition coefficient (Wildman–Crippen LogP) is 5.39. The molecule has 138 valence electrons. The van der Waals surface area contributed by atoms with Crippen LogP contribution in [0.4, 0.5) is 5.69 Å². The van der Waals surface area contributed by atoms with E-state index in [0.717, 1.165) is 8.04 Å². The molecule has 7 heteroatoms. The molecule has 27 heavy (non-hydrogen) atoms. The summed E-state index contributed by atoms with van der Waals surface area (Å²) < 4.78 is 30.1. The van der Waals surface area contributed by atoms with Gasteiger partial charge in [-0.25, -0.2) is 8.42 Å². The minimum atomic E-state index is -3.81. The summed E-state index contributed by atoms with van der Waals surface area (Å²) in [6.45, 7) is 1.70. The molecule has 0 fully saturated rings. The molecule has 0 aromatic heterocycles. The third-order valence-corrected chi connectivity index (χ3v) is 6.71. The van der Waals surface area contributed by atoms with Crippen molar-refractivity contribution in [1.29, 1.82) is 0 Å². The molecular formula is C20H15BrINO3S. The summed E-state index contributed by atoms with van der Waals surface area (Å²) in [5, 5.41) is 0. The Kier molecular flexibility index (Phi) is 6.02. The van der Waals surface area contributed by atoms with E-state index < -0.39 is 10.0 Å². The monoisotopic (exact) mass is 555 g/mol. The van der Waals surface area contributed by atoms with Crippen molar-refractivity contribution in [2.75, 3.05) is 4.72 Å². The zero-order valence-corrected chi connectivity index (χ0v) is 18.8. The van der Waals surface area contributed by atoms with Crippen LogP contribution in [-0.2, 0) is 10.0 Å². The van der Waals surface area contributed by atoms with E-state index in [-0.39, 0.29) is 10.7 Å². The van der Waals surface area contributed by atoms with Gasteiger partial charge in [-0.05, 0) is 89.7 Å². The van der Waals surface area contributed by atoms with E-state index in [0.29, 0.717) is 22.4 Å². The number of nitrogens with one attached hydrogen (secondary N) is 1. The van der Waals surface area contributed by atoms with Crippen molar-refractivity contribution in [2.24, 2.45) is 0 Å². The fraction of sp³-hybridized carbons (Fsp3) is 0.0500. The Bertz CT molecular complexity index is 1100. The number of halogens is 2. The molecular weight excluding hydrogens is 541 g/mol. The number of benzene rings is 3. The molecule has 0 spiro atoms. The van der Waals surface area contributed by atoms with Crippen molar-refractivity contribution in [3.8, 4) is 0 Å². The molecule has 0 heterocycles. The highest BCUT2D eigenvalue weighted by molar-refractivity contribution is 14.1. The molecule has 0 aliphatic carbocycles. The Hall–Kier alpha value is -1.71. The molecule has 0 aliphatic heterocycles. The molecule has 3 aromatic rings. The van der Waals surface area contributed by atoms with E-state index in [4.69, 9.17) is 0 Å². The standard InChI is InChI=1S/C20H15BrINO3S/c1-13-2-3-15(20(24)14-4-6-16(21)7-5-14)12-19(13)27(25,26)23-18-10-8-17(22)9-11-18/h2-12,23H,1H3. The first kappa shape index (κ1) is 20.0. The second-order valence-electron chi connectivity index (χ2n) is 5.93. The van der Waals surface area contributed by atoms with Crippen LogP contribution in [0.25, 0.3) is 0 Å². The largest absolute Gasteiger partial charge is 0.289 e. The van der Waals surface area contributed by atoms with E-state index in [1.54, 1.807) is 55.5 Å². The summed E-state index contributed by atoms with van der Waals surface area (Å²) >= 11 is 5.49. The minimum Gasteiger partial charge on any atom is -0.289 e. The molecule has 0 bridgehead atoms. The first-order chi connectivity index (χ1) is 12.8. The van der Waals surface area contributed by atoms with E-state index in [1.807, 2.05) is 12.1 Å². The lowest BCUT2D eigenvalue weighted by molar-refractivity contribution is 0.103. The van der Waals surface area contributed by atoms with Crippen molar-refractivity contribution in [3.63, 3.8) is 0 Å².